The predicted octanol–water partition coefficient (Wildman–Crippen LogP) is 2.27. The molecule has 14 heavy (non-hydrogen) atoms. The highest BCUT2D eigenvalue weighted by molar-refractivity contribution is 6.04. The second-order valence-electron chi connectivity index (χ2n) is 3.25. The van der Waals surface area contributed by atoms with Crippen LogP contribution in [0.3, 0.4) is 0 Å². The maximum atomic E-state index is 11.1. The molecule has 0 fully saturated rings. The van der Waals surface area contributed by atoms with Crippen LogP contribution in [0.5, 0.6) is 0 Å². The molecule has 0 amide bonds. The molecule has 3 aromatic rings. The smallest absolute Gasteiger partial charge is 0.179 e. The van der Waals surface area contributed by atoms with Gasteiger partial charge in [0.25, 0.3) is 0 Å². The first-order valence-corrected chi connectivity index (χ1v) is 4.33. The normalized spacial score (nSPS) is 11.1. The minimum Gasteiger partial charge on any atom is -0.389 e. The van der Waals surface area contributed by atoms with Gasteiger partial charge in [-0.1, -0.05) is 6.07 Å². The second kappa shape index (κ2) is 2.48. The van der Waals surface area contributed by atoms with Gasteiger partial charge in [0.15, 0.2) is 5.43 Å². The van der Waals surface area contributed by atoms with E-state index >= 15 is 0 Å². The Kier molecular flexibility index (Phi) is 1.31. The number of hydrogen-bond donors (Lipinski definition) is 1. The Morgan fingerprint density at radius 1 is 1.07 bits per heavy atom. The molecule has 0 atom stereocenters. The van der Waals surface area contributed by atoms with Gasteiger partial charge in [-0.05, 0) is 29.7 Å². The summed E-state index contributed by atoms with van der Waals surface area (Å²) in [5.74, 6) is 0. The van der Waals surface area contributed by atoms with E-state index in [1.165, 1.54) is 0 Å². The molecule has 1 heterocycles. The van der Waals surface area contributed by atoms with Crippen molar-refractivity contribution in [2.45, 2.75) is 0 Å². The fraction of sp³-hybridized carbons (Fsp3) is 0. The first-order valence-electron chi connectivity index (χ1n) is 4.33. The number of benzene rings is 2. The molecular weight excluding hydrogens is 178 g/mol. The minimum absolute atomic E-state index is 0.0281. The van der Waals surface area contributed by atoms with Crippen molar-refractivity contribution in [3.05, 3.63) is 46.8 Å². The molecule has 1 aromatic heterocycles. The molecule has 1 N–H and O–H groups in total. The lowest BCUT2D eigenvalue weighted by atomic mass is 10.1. The lowest BCUT2D eigenvalue weighted by Crippen LogP contribution is -1.94. The molecule has 0 saturated heterocycles. The fourth-order valence-corrected chi connectivity index (χ4v) is 1.69. The van der Waals surface area contributed by atoms with Crippen LogP contribution in [0.15, 0.2) is 45.9 Å². The second-order valence-corrected chi connectivity index (χ2v) is 3.25. The Morgan fingerprint density at radius 3 is 2.86 bits per heavy atom. The average Bonchev–Trinajstić information content (AvgIpc) is 2.65. The summed E-state index contributed by atoms with van der Waals surface area (Å²) in [6, 6.07) is 8.84. The molecule has 3 heteroatoms. The average molecular weight is 185 g/mol. The van der Waals surface area contributed by atoms with E-state index in [2.05, 4.69) is 5.16 Å². The molecule has 0 bridgehead atoms. The first-order chi connectivity index (χ1) is 6.84. The van der Waals surface area contributed by atoms with Crippen LogP contribution < -0.4 is 5.43 Å². The molecule has 0 unspecified atom stereocenters. The Hall–Kier alpha value is -2.03. The molecule has 68 valence electrons. The topological polar surface area (TPSA) is 46.0 Å². The van der Waals surface area contributed by atoms with Crippen molar-refractivity contribution in [2.24, 2.45) is 0 Å². The zero-order valence-corrected chi connectivity index (χ0v) is 7.28. The quantitative estimate of drug-likeness (QED) is 0.584. The molecule has 0 aliphatic heterocycles. The van der Waals surface area contributed by atoms with Crippen molar-refractivity contribution < 1.29 is 4.52 Å². The van der Waals surface area contributed by atoms with Crippen LogP contribution in [0.1, 0.15) is 0 Å². The molecule has 2 aromatic carbocycles. The van der Waals surface area contributed by atoms with Gasteiger partial charge in [0, 0.05) is 10.8 Å². The van der Waals surface area contributed by atoms with Gasteiger partial charge in [0.2, 0.25) is 0 Å². The van der Waals surface area contributed by atoms with E-state index in [4.69, 9.17) is 4.52 Å². The largest absolute Gasteiger partial charge is 0.389 e. The van der Waals surface area contributed by atoms with Gasteiger partial charge in [-0.15, -0.1) is 0 Å². The van der Waals surface area contributed by atoms with Crippen LogP contribution in [0.2, 0.25) is 0 Å². The molecular formula is C11H7NO2. The Bertz CT molecular complexity index is 663. The van der Waals surface area contributed by atoms with Crippen molar-refractivity contribution >= 4 is 21.7 Å². The molecule has 0 aliphatic carbocycles. The number of nitrogens with one attached hydrogen (secondary N) is 1. The number of fused-ring (bicyclic) bond motifs is 3. The summed E-state index contributed by atoms with van der Waals surface area (Å²) in [6.07, 6.45) is 1.65. The highest BCUT2D eigenvalue weighted by atomic mass is 16.5. The molecule has 0 aliphatic rings. The molecule has 0 radical (unpaired) electrons. The zero-order valence-electron chi connectivity index (χ0n) is 7.28. The van der Waals surface area contributed by atoms with Crippen molar-refractivity contribution in [2.75, 3.05) is 0 Å². The third-order valence-corrected chi connectivity index (χ3v) is 2.37. The summed E-state index contributed by atoms with van der Waals surface area (Å²) < 4.78 is 5.00. The number of aromatic nitrogens is 1. The fourth-order valence-electron chi connectivity index (χ4n) is 1.69. The maximum absolute atomic E-state index is 11.1. The van der Waals surface area contributed by atoms with Crippen molar-refractivity contribution in [1.29, 1.82) is 0 Å². The van der Waals surface area contributed by atoms with Gasteiger partial charge in [-0.3, -0.25) is 4.79 Å². The maximum Gasteiger partial charge on any atom is 0.179 e. The zero-order chi connectivity index (χ0) is 9.54. The summed E-state index contributed by atoms with van der Waals surface area (Å²) >= 11 is 0. The lowest BCUT2D eigenvalue weighted by molar-refractivity contribution is 0.428. The SMILES string of the molecule is O=c1ccc2c(ccc3co[nH]c32)c1. The third-order valence-electron chi connectivity index (χ3n) is 2.37. The Morgan fingerprint density at radius 2 is 1.93 bits per heavy atom. The van der Waals surface area contributed by atoms with E-state index in [9.17, 15) is 4.79 Å². The van der Waals surface area contributed by atoms with Gasteiger partial charge >= 0.3 is 0 Å². The third kappa shape index (κ3) is 0.893. The summed E-state index contributed by atoms with van der Waals surface area (Å²) in [4.78, 5) is 11.1. The van der Waals surface area contributed by atoms with Crippen LogP contribution in [-0.4, -0.2) is 5.16 Å². The van der Waals surface area contributed by atoms with Crippen LogP contribution in [-0.2, 0) is 0 Å². The summed E-state index contributed by atoms with van der Waals surface area (Å²) in [5, 5.41) is 5.76. The van der Waals surface area contributed by atoms with Gasteiger partial charge < -0.3 is 4.52 Å². The number of hydrogen-bond acceptors (Lipinski definition) is 2. The standard InChI is InChI=1S/C11H7NO2/c13-9-3-4-10-7(5-9)1-2-8-6-14-12-11(8)10/h1-6,12H. The van der Waals surface area contributed by atoms with Gasteiger partial charge in [0.05, 0.1) is 5.52 Å². The summed E-state index contributed by atoms with van der Waals surface area (Å²) in [6.45, 7) is 0. The number of rotatable bonds is 0. The first kappa shape index (κ1) is 7.38. The lowest BCUT2D eigenvalue weighted by Gasteiger charge is -1.95. The van der Waals surface area contributed by atoms with Crippen LogP contribution in [0.4, 0.5) is 0 Å². The van der Waals surface area contributed by atoms with E-state index in [1.807, 2.05) is 18.2 Å². The molecule has 3 rings (SSSR count). The van der Waals surface area contributed by atoms with Gasteiger partial charge in [-0.2, -0.15) is 0 Å². The van der Waals surface area contributed by atoms with E-state index in [0.29, 0.717) is 0 Å². The van der Waals surface area contributed by atoms with Crippen molar-refractivity contribution in [3.63, 3.8) is 0 Å². The number of H-pyrrole nitrogens is 1. The Labute approximate surface area is 78.9 Å². The van der Waals surface area contributed by atoms with Gasteiger partial charge in [0.1, 0.15) is 6.26 Å². The van der Waals surface area contributed by atoms with Gasteiger partial charge in [-0.25, -0.2) is 5.16 Å². The summed E-state index contributed by atoms with van der Waals surface area (Å²) in [7, 11) is 0. The molecule has 0 saturated carbocycles. The van der Waals surface area contributed by atoms with Crippen molar-refractivity contribution in [3.8, 4) is 0 Å². The van der Waals surface area contributed by atoms with E-state index in [1.54, 1.807) is 18.4 Å². The highest BCUT2D eigenvalue weighted by Crippen LogP contribution is 2.22. The molecule has 3 nitrogen and oxygen atoms in total. The summed E-state index contributed by atoms with van der Waals surface area (Å²) in [5.41, 5.74) is 0.961. The monoisotopic (exact) mass is 185 g/mol. The predicted molar refractivity (Wildman–Crippen MR) is 54.3 cm³/mol. The van der Waals surface area contributed by atoms with E-state index < -0.39 is 0 Å². The van der Waals surface area contributed by atoms with Crippen molar-refractivity contribution in [1.82, 2.24) is 5.16 Å². The molecule has 0 spiro atoms. The highest BCUT2D eigenvalue weighted by Gasteiger charge is 2.01. The minimum atomic E-state index is 0.0281. The van der Waals surface area contributed by atoms with Crippen LogP contribution in [0.25, 0.3) is 21.7 Å². The number of aromatic amines is 1. The van der Waals surface area contributed by atoms with Crippen LogP contribution >= 0.6 is 0 Å². The van der Waals surface area contributed by atoms with Crippen LogP contribution in [0, 0.1) is 0 Å². The van der Waals surface area contributed by atoms with E-state index in [-0.39, 0.29) is 5.43 Å². The van der Waals surface area contributed by atoms with E-state index in [0.717, 1.165) is 21.7 Å². The Balaban J connectivity index is 2.63.